The van der Waals surface area contributed by atoms with Crippen LogP contribution in [0.5, 0.6) is 0 Å². The Balaban J connectivity index is 2.37. The van der Waals surface area contributed by atoms with Gasteiger partial charge in [-0.05, 0) is 48.9 Å². The summed E-state index contributed by atoms with van der Waals surface area (Å²) in [7, 11) is 0. The van der Waals surface area contributed by atoms with Gasteiger partial charge in [-0.1, -0.05) is 39.7 Å². The predicted octanol–water partition coefficient (Wildman–Crippen LogP) is 4.51. The second-order valence-corrected chi connectivity index (χ2v) is 5.92. The van der Waals surface area contributed by atoms with E-state index < -0.39 is 11.5 Å². The minimum Gasteiger partial charge on any atom is -0.479 e. The normalized spacial score (nSPS) is 13.6. The molecule has 0 amide bonds. The van der Waals surface area contributed by atoms with Crippen LogP contribution < -0.4 is 5.32 Å². The summed E-state index contributed by atoms with van der Waals surface area (Å²) in [6.07, 6.45) is 0. The van der Waals surface area contributed by atoms with Gasteiger partial charge in [0.05, 0.1) is 0 Å². The van der Waals surface area contributed by atoms with Gasteiger partial charge in [-0.25, -0.2) is 4.79 Å². The second-order valence-electron chi connectivity index (χ2n) is 4.57. The third-order valence-electron chi connectivity index (χ3n) is 3.09. The number of carboxylic acids is 1. The van der Waals surface area contributed by atoms with E-state index in [1.807, 2.05) is 24.3 Å². The molecular formula is C15H13BrClNO2. The van der Waals surface area contributed by atoms with E-state index in [9.17, 15) is 9.90 Å². The topological polar surface area (TPSA) is 49.3 Å². The van der Waals surface area contributed by atoms with Crippen molar-refractivity contribution in [2.75, 3.05) is 5.32 Å². The van der Waals surface area contributed by atoms with Gasteiger partial charge in [0, 0.05) is 15.2 Å². The first kappa shape index (κ1) is 14.9. The molecule has 0 saturated heterocycles. The van der Waals surface area contributed by atoms with Crippen molar-refractivity contribution in [2.24, 2.45) is 0 Å². The second kappa shape index (κ2) is 5.85. The maximum Gasteiger partial charge on any atom is 0.333 e. The molecule has 0 fully saturated rings. The summed E-state index contributed by atoms with van der Waals surface area (Å²) in [5.74, 6) is -0.956. The van der Waals surface area contributed by atoms with Crippen LogP contribution >= 0.6 is 27.5 Å². The monoisotopic (exact) mass is 353 g/mol. The quantitative estimate of drug-likeness (QED) is 0.849. The molecule has 0 spiro atoms. The minimum atomic E-state index is -1.22. The van der Waals surface area contributed by atoms with Crippen LogP contribution in [0.3, 0.4) is 0 Å². The van der Waals surface area contributed by atoms with Crippen molar-refractivity contribution < 1.29 is 9.90 Å². The van der Waals surface area contributed by atoms with E-state index in [4.69, 9.17) is 11.6 Å². The molecule has 0 radical (unpaired) electrons. The highest BCUT2D eigenvalue weighted by Crippen LogP contribution is 2.28. The molecule has 3 nitrogen and oxygen atoms in total. The van der Waals surface area contributed by atoms with E-state index in [0.717, 1.165) is 10.2 Å². The van der Waals surface area contributed by atoms with Crippen LogP contribution in [-0.4, -0.2) is 11.1 Å². The zero-order chi connectivity index (χ0) is 14.8. The largest absolute Gasteiger partial charge is 0.479 e. The van der Waals surface area contributed by atoms with Crippen molar-refractivity contribution in [3.8, 4) is 0 Å². The van der Waals surface area contributed by atoms with Crippen LogP contribution in [0, 0.1) is 0 Å². The van der Waals surface area contributed by atoms with Crippen molar-refractivity contribution in [1.82, 2.24) is 0 Å². The van der Waals surface area contributed by atoms with E-state index in [1.54, 1.807) is 31.2 Å². The number of halogens is 2. The summed E-state index contributed by atoms with van der Waals surface area (Å²) in [5, 5.41) is 13.2. The van der Waals surface area contributed by atoms with Crippen molar-refractivity contribution in [3.05, 3.63) is 63.6 Å². The molecule has 2 rings (SSSR count). The third-order valence-corrected chi connectivity index (χ3v) is 3.87. The van der Waals surface area contributed by atoms with Gasteiger partial charge >= 0.3 is 5.97 Å². The molecule has 0 bridgehead atoms. The Labute approximate surface area is 130 Å². The number of carbonyl (C=O) groups is 1. The summed E-state index contributed by atoms with van der Waals surface area (Å²) in [5.41, 5.74) is 0.142. The highest BCUT2D eigenvalue weighted by Gasteiger charge is 2.35. The smallest absolute Gasteiger partial charge is 0.333 e. The van der Waals surface area contributed by atoms with Crippen molar-refractivity contribution in [1.29, 1.82) is 0 Å². The number of benzene rings is 2. The van der Waals surface area contributed by atoms with Gasteiger partial charge < -0.3 is 10.4 Å². The van der Waals surface area contributed by atoms with E-state index >= 15 is 0 Å². The number of aliphatic carboxylic acids is 1. The maximum absolute atomic E-state index is 11.7. The predicted molar refractivity (Wildman–Crippen MR) is 84.2 cm³/mol. The molecular weight excluding hydrogens is 342 g/mol. The standard InChI is InChI=1S/C15H13BrClNO2/c1-15(14(19)20,10-2-6-12(17)7-3-10)18-13-8-4-11(16)5-9-13/h2-9,18H,1H3,(H,19,20). The van der Waals surface area contributed by atoms with E-state index in [2.05, 4.69) is 21.2 Å². The van der Waals surface area contributed by atoms with Crippen LogP contribution in [0.4, 0.5) is 5.69 Å². The first-order valence-corrected chi connectivity index (χ1v) is 7.12. The molecule has 0 saturated carbocycles. The number of nitrogens with one attached hydrogen (secondary N) is 1. The van der Waals surface area contributed by atoms with Crippen LogP contribution in [0.1, 0.15) is 12.5 Å². The summed E-state index contributed by atoms with van der Waals surface area (Å²) < 4.78 is 0.937. The highest BCUT2D eigenvalue weighted by atomic mass is 79.9. The van der Waals surface area contributed by atoms with Gasteiger partial charge in [0.25, 0.3) is 0 Å². The summed E-state index contributed by atoms with van der Waals surface area (Å²) in [6.45, 7) is 1.63. The van der Waals surface area contributed by atoms with E-state index in [0.29, 0.717) is 10.6 Å². The van der Waals surface area contributed by atoms with Crippen LogP contribution in [0.25, 0.3) is 0 Å². The van der Waals surface area contributed by atoms with Crippen LogP contribution in [-0.2, 0) is 10.3 Å². The molecule has 0 aliphatic rings. The third kappa shape index (κ3) is 3.14. The average Bonchev–Trinajstić information content (AvgIpc) is 2.42. The molecule has 0 aliphatic heterocycles. The lowest BCUT2D eigenvalue weighted by molar-refractivity contribution is -0.142. The highest BCUT2D eigenvalue weighted by molar-refractivity contribution is 9.10. The molecule has 1 unspecified atom stereocenters. The lowest BCUT2D eigenvalue weighted by Gasteiger charge is -2.28. The first-order valence-electron chi connectivity index (χ1n) is 5.95. The molecule has 2 N–H and O–H groups in total. The Kier molecular flexibility index (Phi) is 4.35. The van der Waals surface area contributed by atoms with E-state index in [-0.39, 0.29) is 0 Å². The van der Waals surface area contributed by atoms with Gasteiger partial charge in [0.1, 0.15) is 0 Å². The van der Waals surface area contributed by atoms with E-state index in [1.165, 1.54) is 0 Å². The van der Waals surface area contributed by atoms with Gasteiger partial charge in [-0.3, -0.25) is 0 Å². The number of hydrogen-bond acceptors (Lipinski definition) is 2. The molecule has 20 heavy (non-hydrogen) atoms. The van der Waals surface area contributed by atoms with Crippen molar-refractivity contribution in [2.45, 2.75) is 12.5 Å². The summed E-state index contributed by atoms with van der Waals surface area (Å²) >= 11 is 9.19. The molecule has 1 atom stereocenters. The van der Waals surface area contributed by atoms with Crippen LogP contribution in [0.15, 0.2) is 53.0 Å². The first-order chi connectivity index (χ1) is 9.41. The summed E-state index contributed by atoms with van der Waals surface area (Å²) in [4.78, 5) is 11.7. The fourth-order valence-corrected chi connectivity index (χ4v) is 2.24. The molecule has 0 heterocycles. The van der Waals surface area contributed by atoms with Gasteiger partial charge in [-0.2, -0.15) is 0 Å². The molecule has 2 aromatic rings. The maximum atomic E-state index is 11.7. The number of anilines is 1. The van der Waals surface area contributed by atoms with Gasteiger partial charge in [-0.15, -0.1) is 0 Å². The minimum absolute atomic E-state index is 0.574. The lowest BCUT2D eigenvalue weighted by atomic mass is 9.91. The molecule has 104 valence electrons. The SMILES string of the molecule is CC(Nc1ccc(Br)cc1)(C(=O)O)c1ccc(Cl)cc1. The summed E-state index contributed by atoms with van der Waals surface area (Å²) in [6, 6.07) is 14.1. The van der Waals surface area contributed by atoms with Crippen molar-refractivity contribution in [3.63, 3.8) is 0 Å². The van der Waals surface area contributed by atoms with Gasteiger partial charge in [0.2, 0.25) is 0 Å². The fraction of sp³-hybridized carbons (Fsp3) is 0.133. The zero-order valence-corrected chi connectivity index (χ0v) is 13.1. The Morgan fingerprint density at radius 2 is 1.70 bits per heavy atom. The van der Waals surface area contributed by atoms with Gasteiger partial charge in [0.15, 0.2) is 5.54 Å². The number of hydrogen-bond donors (Lipinski definition) is 2. The Morgan fingerprint density at radius 3 is 2.20 bits per heavy atom. The average molecular weight is 355 g/mol. The Hall–Kier alpha value is -1.52. The number of rotatable bonds is 4. The Bertz CT molecular complexity index is 613. The Morgan fingerprint density at radius 1 is 1.15 bits per heavy atom. The fourth-order valence-electron chi connectivity index (χ4n) is 1.85. The molecule has 2 aromatic carbocycles. The molecule has 0 aromatic heterocycles. The van der Waals surface area contributed by atoms with Crippen molar-refractivity contribution >= 4 is 39.2 Å². The lowest BCUT2D eigenvalue weighted by Crippen LogP contribution is -2.40. The molecule has 0 aliphatic carbocycles. The van der Waals surface area contributed by atoms with Crippen LogP contribution in [0.2, 0.25) is 5.02 Å². The number of carboxylic acid groups (broad SMARTS) is 1. The zero-order valence-electron chi connectivity index (χ0n) is 10.7. The molecule has 5 heteroatoms.